The Morgan fingerprint density at radius 1 is 1.15 bits per heavy atom. The second-order valence-corrected chi connectivity index (χ2v) is 8.74. The summed E-state index contributed by atoms with van der Waals surface area (Å²) >= 11 is 0. The van der Waals surface area contributed by atoms with Gasteiger partial charge in [0.05, 0.1) is 5.75 Å². The molecule has 0 aliphatic carbocycles. The lowest BCUT2D eigenvalue weighted by atomic mass is 10.1. The Hall–Kier alpha value is -2.22. The summed E-state index contributed by atoms with van der Waals surface area (Å²) in [7, 11) is 2.24. The highest BCUT2D eigenvalue weighted by Gasteiger charge is 2.22. The van der Waals surface area contributed by atoms with Gasteiger partial charge in [-0.25, -0.2) is 17.5 Å². The molecule has 0 amide bonds. The van der Waals surface area contributed by atoms with Gasteiger partial charge in [0.2, 0.25) is 10.0 Å². The van der Waals surface area contributed by atoms with Gasteiger partial charge in [0.25, 0.3) is 0 Å². The van der Waals surface area contributed by atoms with E-state index in [1.54, 1.807) is 6.07 Å². The van der Waals surface area contributed by atoms with Gasteiger partial charge in [0.15, 0.2) is 0 Å². The van der Waals surface area contributed by atoms with Gasteiger partial charge in [0.1, 0.15) is 5.82 Å². The molecule has 0 spiro atoms. The number of fused-ring (bicyclic) bond motifs is 1. The lowest BCUT2D eigenvalue weighted by Gasteiger charge is -2.24. The molecule has 0 saturated heterocycles. The van der Waals surface area contributed by atoms with Gasteiger partial charge in [-0.15, -0.1) is 0 Å². The second-order valence-electron chi connectivity index (χ2n) is 6.93. The van der Waals surface area contributed by atoms with E-state index in [9.17, 15) is 12.8 Å². The molecule has 0 aliphatic rings. The Morgan fingerprint density at radius 2 is 1.89 bits per heavy atom. The number of nitrogens with one attached hydrogen (secondary N) is 1. The van der Waals surface area contributed by atoms with Crippen molar-refractivity contribution in [1.82, 2.24) is 14.2 Å². The molecule has 2 aromatic carbocycles. The minimum Gasteiger partial charge on any atom is -0.350 e. The van der Waals surface area contributed by atoms with Gasteiger partial charge in [-0.2, -0.15) is 0 Å². The van der Waals surface area contributed by atoms with E-state index in [2.05, 4.69) is 4.72 Å². The highest BCUT2D eigenvalue weighted by Crippen LogP contribution is 2.28. The Labute approximate surface area is 159 Å². The van der Waals surface area contributed by atoms with Crippen molar-refractivity contribution in [2.75, 3.05) is 20.6 Å². The number of nitrogens with zero attached hydrogens (tertiary/aromatic N) is 2. The van der Waals surface area contributed by atoms with Crippen LogP contribution in [0.3, 0.4) is 0 Å². The van der Waals surface area contributed by atoms with E-state index in [0.29, 0.717) is 5.56 Å². The van der Waals surface area contributed by atoms with Crippen molar-refractivity contribution < 1.29 is 12.8 Å². The van der Waals surface area contributed by atoms with Gasteiger partial charge in [-0.3, -0.25) is 0 Å². The van der Waals surface area contributed by atoms with E-state index in [1.807, 2.05) is 61.1 Å². The van der Waals surface area contributed by atoms with E-state index >= 15 is 0 Å². The molecular formula is C20H24FN3O2S. The van der Waals surface area contributed by atoms with Crippen LogP contribution >= 0.6 is 0 Å². The van der Waals surface area contributed by atoms with Crippen LogP contribution < -0.4 is 4.72 Å². The number of hydrogen-bond acceptors (Lipinski definition) is 3. The molecule has 144 valence electrons. The Balaban J connectivity index is 1.80. The largest absolute Gasteiger partial charge is 0.350 e. The fraction of sp³-hybridized carbons (Fsp3) is 0.300. The number of aryl methyl sites for hydroxylation is 1. The predicted molar refractivity (Wildman–Crippen MR) is 106 cm³/mol. The van der Waals surface area contributed by atoms with Gasteiger partial charge >= 0.3 is 0 Å². The zero-order chi connectivity index (χ0) is 19.6. The standard InChI is InChI=1S/C20H24FN3O2S/c1-23(2)20(18-13-24(3)19-10-5-4-9-17(18)19)12-22-27(25,26)14-15-7-6-8-16(21)11-15/h4-11,13,20,22H,12,14H2,1-3H3/t20-/m1/s1. The molecule has 0 unspecified atom stereocenters. The molecule has 0 fully saturated rings. The van der Waals surface area contributed by atoms with Gasteiger partial charge in [-0.05, 0) is 43.4 Å². The molecule has 0 aliphatic heterocycles. The predicted octanol–water partition coefficient (Wildman–Crippen LogP) is 3.04. The first-order valence-electron chi connectivity index (χ1n) is 8.69. The molecule has 3 aromatic rings. The summed E-state index contributed by atoms with van der Waals surface area (Å²) in [6, 6.07) is 13.6. The number of para-hydroxylation sites is 1. The van der Waals surface area contributed by atoms with Gasteiger partial charge in [0, 0.05) is 36.7 Å². The zero-order valence-corrected chi connectivity index (χ0v) is 16.5. The first kappa shape index (κ1) is 19.5. The fourth-order valence-corrected chi connectivity index (χ4v) is 4.44. The summed E-state index contributed by atoms with van der Waals surface area (Å²) in [6.45, 7) is 0.235. The summed E-state index contributed by atoms with van der Waals surface area (Å²) in [5.41, 5.74) is 2.59. The summed E-state index contributed by atoms with van der Waals surface area (Å²) in [6.07, 6.45) is 2.04. The van der Waals surface area contributed by atoms with E-state index in [-0.39, 0.29) is 18.3 Å². The molecule has 27 heavy (non-hydrogen) atoms. The maximum Gasteiger partial charge on any atom is 0.215 e. The number of likely N-dealkylation sites (N-methyl/N-ethyl adjacent to an activating group) is 1. The average Bonchev–Trinajstić information content (AvgIpc) is 2.91. The maximum absolute atomic E-state index is 13.3. The van der Waals surface area contributed by atoms with Crippen molar-refractivity contribution in [2.24, 2.45) is 7.05 Å². The topological polar surface area (TPSA) is 54.3 Å². The number of sulfonamides is 1. The maximum atomic E-state index is 13.3. The first-order valence-corrected chi connectivity index (χ1v) is 10.3. The van der Waals surface area contributed by atoms with Crippen LogP contribution in [0.4, 0.5) is 4.39 Å². The summed E-state index contributed by atoms with van der Waals surface area (Å²) in [4.78, 5) is 1.99. The third-order valence-corrected chi connectivity index (χ3v) is 5.97. The zero-order valence-electron chi connectivity index (χ0n) is 15.7. The molecule has 1 aromatic heterocycles. The van der Waals surface area contributed by atoms with Gasteiger partial charge < -0.3 is 9.47 Å². The van der Waals surface area contributed by atoms with Crippen molar-refractivity contribution in [3.05, 3.63) is 71.7 Å². The molecular weight excluding hydrogens is 365 g/mol. The normalized spacial score (nSPS) is 13.4. The van der Waals surface area contributed by atoms with Crippen LogP contribution in [-0.2, 0) is 22.8 Å². The molecule has 1 heterocycles. The quantitative estimate of drug-likeness (QED) is 0.676. The first-order chi connectivity index (χ1) is 12.8. The van der Waals surface area contributed by atoms with Crippen LogP contribution in [0.1, 0.15) is 17.2 Å². The smallest absolute Gasteiger partial charge is 0.215 e. The van der Waals surface area contributed by atoms with E-state index in [0.717, 1.165) is 16.5 Å². The highest BCUT2D eigenvalue weighted by molar-refractivity contribution is 7.88. The van der Waals surface area contributed by atoms with Crippen molar-refractivity contribution in [1.29, 1.82) is 0 Å². The number of benzene rings is 2. The van der Waals surface area contributed by atoms with Crippen molar-refractivity contribution in [3.63, 3.8) is 0 Å². The lowest BCUT2D eigenvalue weighted by Crippen LogP contribution is -2.35. The SMILES string of the molecule is CN(C)[C@H](CNS(=O)(=O)Cc1cccc(F)c1)c1cn(C)c2ccccc12. The number of rotatable bonds is 7. The summed E-state index contributed by atoms with van der Waals surface area (Å²) < 4.78 is 43.0. The van der Waals surface area contributed by atoms with Gasteiger partial charge in [-0.1, -0.05) is 30.3 Å². The third kappa shape index (κ3) is 4.55. The van der Waals surface area contributed by atoms with Crippen molar-refractivity contribution in [3.8, 4) is 0 Å². The van der Waals surface area contributed by atoms with Crippen LogP contribution in [-0.4, -0.2) is 38.5 Å². The molecule has 1 atom stereocenters. The molecule has 0 radical (unpaired) electrons. The minimum absolute atomic E-state index is 0.126. The second kappa shape index (κ2) is 7.80. The molecule has 3 rings (SSSR count). The van der Waals surface area contributed by atoms with E-state index in [4.69, 9.17) is 0 Å². The Bertz CT molecular complexity index is 1040. The summed E-state index contributed by atoms with van der Waals surface area (Å²) in [5, 5.41) is 1.10. The van der Waals surface area contributed by atoms with Crippen LogP contribution in [0.25, 0.3) is 10.9 Å². The van der Waals surface area contributed by atoms with Crippen molar-refractivity contribution >= 4 is 20.9 Å². The monoisotopic (exact) mass is 389 g/mol. The molecule has 5 nitrogen and oxygen atoms in total. The average molecular weight is 389 g/mol. The molecule has 1 N–H and O–H groups in total. The molecule has 0 bridgehead atoms. The molecule has 0 saturated carbocycles. The third-order valence-electron chi connectivity index (χ3n) is 4.65. The van der Waals surface area contributed by atoms with Crippen LogP contribution in [0.5, 0.6) is 0 Å². The molecule has 7 heteroatoms. The highest BCUT2D eigenvalue weighted by atomic mass is 32.2. The number of halogens is 1. The number of aromatic nitrogens is 1. The van der Waals surface area contributed by atoms with Crippen LogP contribution in [0.2, 0.25) is 0 Å². The summed E-state index contributed by atoms with van der Waals surface area (Å²) in [5.74, 6) is -0.690. The fourth-order valence-electron chi connectivity index (χ4n) is 3.31. The van der Waals surface area contributed by atoms with E-state index < -0.39 is 15.8 Å². The number of hydrogen-bond donors (Lipinski definition) is 1. The van der Waals surface area contributed by atoms with Crippen molar-refractivity contribution in [2.45, 2.75) is 11.8 Å². The Morgan fingerprint density at radius 3 is 2.59 bits per heavy atom. The van der Waals surface area contributed by atoms with Crippen LogP contribution in [0.15, 0.2) is 54.7 Å². The van der Waals surface area contributed by atoms with E-state index in [1.165, 1.54) is 18.2 Å². The van der Waals surface area contributed by atoms with Crippen LogP contribution in [0, 0.1) is 5.82 Å². The lowest BCUT2D eigenvalue weighted by molar-refractivity contribution is 0.301. The Kier molecular flexibility index (Phi) is 5.64. The minimum atomic E-state index is -3.58.